The Hall–Kier alpha value is -1.08. The monoisotopic (exact) mass is 168 g/mol. The van der Waals surface area contributed by atoms with Gasteiger partial charge in [-0.05, 0) is 25.1 Å². The van der Waals surface area contributed by atoms with Crippen molar-refractivity contribution in [3.63, 3.8) is 0 Å². The molecule has 0 unspecified atom stereocenters. The number of hydrogen-bond donors (Lipinski definition) is 0. The van der Waals surface area contributed by atoms with Crippen molar-refractivity contribution < 1.29 is 4.79 Å². The Balaban J connectivity index is 3.26. The van der Waals surface area contributed by atoms with Gasteiger partial charge in [-0.2, -0.15) is 4.99 Å². The summed E-state index contributed by atoms with van der Waals surface area (Å²) in [5, 5.41) is 2.27. The fourth-order valence-electron chi connectivity index (χ4n) is 0.492. The molecule has 4 heteroatoms. The van der Waals surface area contributed by atoms with Crippen LogP contribution in [0.2, 0.25) is 0 Å². The van der Waals surface area contributed by atoms with E-state index in [4.69, 9.17) is 0 Å². The summed E-state index contributed by atoms with van der Waals surface area (Å²) in [5.74, 6) is 0. The van der Waals surface area contributed by atoms with Gasteiger partial charge in [0, 0.05) is 12.7 Å². The molecule has 0 aromatic heterocycles. The second-order valence-electron chi connectivity index (χ2n) is 1.72. The molecule has 0 aliphatic rings. The average Bonchev–Trinajstić information content (AvgIpc) is 2.03. The van der Waals surface area contributed by atoms with Crippen molar-refractivity contribution >= 4 is 23.5 Å². The molecule has 0 saturated carbocycles. The molecule has 0 saturated heterocycles. The van der Waals surface area contributed by atoms with Gasteiger partial charge in [-0.15, -0.1) is 0 Å². The molecule has 0 aliphatic heterocycles. The lowest BCUT2D eigenvalue weighted by Crippen LogP contribution is -1.76. The van der Waals surface area contributed by atoms with Gasteiger partial charge in [-0.25, -0.2) is 9.79 Å². The first kappa shape index (κ1) is 9.92. The third kappa shape index (κ3) is 8.92. The molecule has 0 heterocycles. The molecular formula is C7H8N2OS. The highest BCUT2D eigenvalue weighted by Crippen LogP contribution is 1.90. The molecule has 0 rings (SSSR count). The number of nitrogens with zero attached hydrogens (tertiary/aromatic N) is 2. The summed E-state index contributed by atoms with van der Waals surface area (Å²) in [6.07, 6.45) is 6.35. The van der Waals surface area contributed by atoms with E-state index in [2.05, 4.69) is 27.4 Å². The summed E-state index contributed by atoms with van der Waals surface area (Å²) in [6, 6.07) is 0. The number of unbranched alkanes of at least 4 members (excludes halogenated alkanes) is 1. The number of isocyanates is 1. The standard InChI is InChI=1S/C7H8N2OS/c10-6-8-4-2-1-3-5-9-7-11/h2,4H,1,3,5H2. The summed E-state index contributed by atoms with van der Waals surface area (Å²) in [6.45, 7) is 0.679. The van der Waals surface area contributed by atoms with Crippen LogP contribution in [0.1, 0.15) is 12.8 Å². The number of allylic oxidation sites excluding steroid dienone is 1. The molecular weight excluding hydrogens is 160 g/mol. The molecule has 0 aromatic carbocycles. The van der Waals surface area contributed by atoms with Gasteiger partial charge in [-0.1, -0.05) is 6.08 Å². The SMILES string of the molecule is O=C=NC=CCCCN=C=S. The van der Waals surface area contributed by atoms with Crippen LogP contribution in [0.25, 0.3) is 0 Å². The zero-order chi connectivity index (χ0) is 8.36. The molecule has 0 radical (unpaired) electrons. The molecule has 0 fully saturated rings. The first-order chi connectivity index (χ1) is 5.41. The van der Waals surface area contributed by atoms with Crippen molar-refractivity contribution in [2.24, 2.45) is 9.98 Å². The number of thiocarbonyl (C=S) groups is 1. The van der Waals surface area contributed by atoms with Gasteiger partial charge in [-0.3, -0.25) is 0 Å². The van der Waals surface area contributed by atoms with Gasteiger partial charge in [0.05, 0.1) is 5.16 Å². The minimum absolute atomic E-state index is 0.679. The zero-order valence-electron chi connectivity index (χ0n) is 5.99. The zero-order valence-corrected chi connectivity index (χ0v) is 6.80. The van der Waals surface area contributed by atoms with Crippen LogP contribution in [0.4, 0.5) is 0 Å². The highest BCUT2D eigenvalue weighted by Gasteiger charge is 1.78. The third-order valence-electron chi connectivity index (χ3n) is 0.938. The summed E-state index contributed by atoms with van der Waals surface area (Å²) in [5.41, 5.74) is 0. The van der Waals surface area contributed by atoms with Crippen LogP contribution >= 0.6 is 12.2 Å². The van der Waals surface area contributed by atoms with Crippen molar-refractivity contribution in [2.75, 3.05) is 6.54 Å². The van der Waals surface area contributed by atoms with Gasteiger partial charge in [0.25, 0.3) is 0 Å². The van der Waals surface area contributed by atoms with Crippen molar-refractivity contribution in [1.82, 2.24) is 0 Å². The Labute approximate surface area is 70.6 Å². The smallest absolute Gasteiger partial charge is 0.233 e. The maximum absolute atomic E-state index is 9.55. The van der Waals surface area contributed by atoms with Crippen LogP contribution in [-0.4, -0.2) is 17.8 Å². The molecule has 58 valence electrons. The summed E-state index contributed by atoms with van der Waals surface area (Å²) < 4.78 is 0. The van der Waals surface area contributed by atoms with E-state index in [0.29, 0.717) is 6.54 Å². The first-order valence-electron chi connectivity index (χ1n) is 3.17. The maximum Gasteiger partial charge on any atom is 0.239 e. The van der Waals surface area contributed by atoms with Crippen LogP contribution in [0.3, 0.4) is 0 Å². The Morgan fingerprint density at radius 3 is 3.00 bits per heavy atom. The summed E-state index contributed by atoms with van der Waals surface area (Å²) in [7, 11) is 0. The van der Waals surface area contributed by atoms with Gasteiger partial charge < -0.3 is 0 Å². The highest BCUT2D eigenvalue weighted by atomic mass is 32.1. The van der Waals surface area contributed by atoms with Gasteiger partial charge >= 0.3 is 0 Å². The van der Waals surface area contributed by atoms with E-state index < -0.39 is 0 Å². The molecule has 0 amide bonds. The van der Waals surface area contributed by atoms with Crippen molar-refractivity contribution in [1.29, 1.82) is 0 Å². The van der Waals surface area contributed by atoms with Crippen molar-refractivity contribution in [2.45, 2.75) is 12.8 Å². The van der Waals surface area contributed by atoms with E-state index in [1.54, 1.807) is 6.08 Å². The molecule has 0 aromatic rings. The van der Waals surface area contributed by atoms with E-state index >= 15 is 0 Å². The van der Waals surface area contributed by atoms with Crippen LogP contribution in [0.15, 0.2) is 22.3 Å². The van der Waals surface area contributed by atoms with Crippen LogP contribution in [-0.2, 0) is 4.79 Å². The first-order valence-corrected chi connectivity index (χ1v) is 3.58. The van der Waals surface area contributed by atoms with Crippen molar-refractivity contribution in [3.05, 3.63) is 12.3 Å². The molecule has 0 bridgehead atoms. The number of carbonyl (C=O) groups excluding carboxylic acids is 1. The Kier molecular flexibility index (Phi) is 8.04. The fraction of sp³-hybridized carbons (Fsp3) is 0.429. The predicted octanol–water partition coefficient (Wildman–Crippen LogP) is 1.72. The molecule has 0 aliphatic carbocycles. The summed E-state index contributed by atoms with van der Waals surface area (Å²) in [4.78, 5) is 16.5. The predicted molar refractivity (Wildman–Crippen MR) is 46.4 cm³/mol. The van der Waals surface area contributed by atoms with Crippen LogP contribution in [0, 0.1) is 0 Å². The van der Waals surface area contributed by atoms with Gasteiger partial charge in [0.2, 0.25) is 6.08 Å². The van der Waals surface area contributed by atoms with Gasteiger partial charge in [0.1, 0.15) is 0 Å². The van der Waals surface area contributed by atoms with Crippen molar-refractivity contribution in [3.8, 4) is 0 Å². The minimum Gasteiger partial charge on any atom is -0.233 e. The lowest BCUT2D eigenvalue weighted by Gasteiger charge is -1.84. The second kappa shape index (κ2) is 8.92. The Morgan fingerprint density at radius 2 is 2.36 bits per heavy atom. The largest absolute Gasteiger partial charge is 0.239 e. The molecule has 0 N–H and O–H groups in total. The lowest BCUT2D eigenvalue weighted by atomic mass is 10.3. The number of isothiocyanates is 1. The molecule has 0 atom stereocenters. The normalized spacial score (nSPS) is 8.73. The number of aliphatic imine (C=N–C) groups is 2. The second-order valence-corrected chi connectivity index (χ2v) is 1.90. The molecule has 0 spiro atoms. The Morgan fingerprint density at radius 1 is 1.55 bits per heavy atom. The van der Waals surface area contributed by atoms with E-state index in [1.165, 1.54) is 12.3 Å². The number of rotatable bonds is 5. The lowest BCUT2D eigenvalue weighted by molar-refractivity contribution is 0.565. The topological polar surface area (TPSA) is 41.8 Å². The summed E-state index contributed by atoms with van der Waals surface area (Å²) >= 11 is 4.37. The minimum atomic E-state index is 0.679. The molecule has 11 heavy (non-hydrogen) atoms. The quantitative estimate of drug-likeness (QED) is 0.271. The average molecular weight is 168 g/mol. The molecule has 3 nitrogen and oxygen atoms in total. The highest BCUT2D eigenvalue weighted by molar-refractivity contribution is 7.78. The maximum atomic E-state index is 9.55. The van der Waals surface area contributed by atoms with Crippen LogP contribution in [0.5, 0.6) is 0 Å². The van der Waals surface area contributed by atoms with Crippen LogP contribution < -0.4 is 0 Å². The fourth-order valence-corrected chi connectivity index (χ4v) is 0.583. The third-order valence-corrected chi connectivity index (χ3v) is 1.07. The van der Waals surface area contributed by atoms with E-state index in [0.717, 1.165) is 12.8 Å². The van der Waals surface area contributed by atoms with E-state index in [9.17, 15) is 4.79 Å². The number of hydrogen-bond acceptors (Lipinski definition) is 4. The van der Waals surface area contributed by atoms with Gasteiger partial charge in [0.15, 0.2) is 0 Å². The van der Waals surface area contributed by atoms with E-state index in [-0.39, 0.29) is 0 Å². The Bertz CT molecular complexity index is 212. The van der Waals surface area contributed by atoms with E-state index in [1.807, 2.05) is 0 Å².